The highest BCUT2D eigenvalue weighted by molar-refractivity contribution is 5.92. The second-order valence-corrected chi connectivity index (χ2v) is 5.87. The second kappa shape index (κ2) is 6.28. The Kier molecular flexibility index (Phi) is 4.16. The van der Waals surface area contributed by atoms with Crippen molar-refractivity contribution in [2.24, 2.45) is 0 Å². The highest BCUT2D eigenvalue weighted by Gasteiger charge is 2.13. The zero-order chi connectivity index (χ0) is 17.3. The van der Waals surface area contributed by atoms with Crippen LogP contribution in [0.5, 0.6) is 0 Å². The van der Waals surface area contributed by atoms with Gasteiger partial charge < -0.3 is 5.32 Å². The number of aromatic nitrogens is 2. The van der Waals surface area contributed by atoms with E-state index in [9.17, 15) is 4.79 Å². The first-order chi connectivity index (χ1) is 11.5. The normalized spacial score (nSPS) is 10.7. The number of hydrogen-bond donors (Lipinski definition) is 1. The molecule has 0 fully saturated rings. The predicted octanol–water partition coefficient (Wildman–Crippen LogP) is 3.69. The summed E-state index contributed by atoms with van der Waals surface area (Å²) in [6.45, 7) is 4.03. The number of fused-ring (bicyclic) bond motifs is 1. The Hall–Kier alpha value is -2.95. The van der Waals surface area contributed by atoms with Crippen molar-refractivity contribution in [1.29, 1.82) is 0 Å². The van der Waals surface area contributed by atoms with Crippen LogP contribution < -0.4 is 10.2 Å². The Morgan fingerprint density at radius 1 is 1.12 bits per heavy atom. The molecule has 5 nitrogen and oxygen atoms in total. The van der Waals surface area contributed by atoms with Gasteiger partial charge in [0.1, 0.15) is 0 Å². The molecule has 3 aromatic rings. The molecule has 1 N–H and O–H groups in total. The fourth-order valence-corrected chi connectivity index (χ4v) is 2.74. The number of anilines is 1. The number of benzene rings is 2. The van der Waals surface area contributed by atoms with E-state index in [1.165, 1.54) is 5.56 Å². The van der Waals surface area contributed by atoms with Gasteiger partial charge in [0, 0.05) is 36.9 Å². The Morgan fingerprint density at radius 3 is 2.62 bits per heavy atom. The van der Waals surface area contributed by atoms with Gasteiger partial charge >= 0.3 is 6.03 Å². The van der Waals surface area contributed by atoms with Gasteiger partial charge in [-0.1, -0.05) is 11.6 Å². The smallest absolute Gasteiger partial charge is 0.321 e. The fraction of sp³-hybridized carbons (Fsp3) is 0.211. The number of carbonyl (C=O) groups is 1. The van der Waals surface area contributed by atoms with Crippen LogP contribution in [0.2, 0.25) is 0 Å². The molecule has 0 saturated heterocycles. The molecule has 0 unspecified atom stereocenters. The Morgan fingerprint density at radius 2 is 1.92 bits per heavy atom. The molecule has 5 heteroatoms. The fourth-order valence-electron chi connectivity index (χ4n) is 2.74. The molecule has 122 valence electrons. The first-order valence-electron chi connectivity index (χ1n) is 7.79. The van der Waals surface area contributed by atoms with Gasteiger partial charge in [-0.15, -0.1) is 0 Å². The van der Waals surface area contributed by atoms with Crippen molar-refractivity contribution in [3.05, 3.63) is 53.7 Å². The van der Waals surface area contributed by atoms with Crippen LogP contribution in [0.25, 0.3) is 22.3 Å². The molecule has 2 aromatic carbocycles. The summed E-state index contributed by atoms with van der Waals surface area (Å²) >= 11 is 0. The monoisotopic (exact) mass is 320 g/mol. The molecule has 1 aromatic heterocycles. The lowest BCUT2D eigenvalue weighted by Gasteiger charge is -2.19. The summed E-state index contributed by atoms with van der Waals surface area (Å²) in [6, 6.07) is 11.8. The van der Waals surface area contributed by atoms with E-state index in [-0.39, 0.29) is 6.03 Å². The lowest BCUT2D eigenvalue weighted by atomic mass is 10.1. The summed E-state index contributed by atoms with van der Waals surface area (Å²) in [5.41, 5.74) is 4.90. The molecule has 3 rings (SSSR count). The third kappa shape index (κ3) is 2.93. The maximum atomic E-state index is 11.8. The molecule has 0 spiro atoms. The molecule has 2 amide bonds. The third-order valence-corrected chi connectivity index (χ3v) is 4.07. The Balaban J connectivity index is 1.99. The molecule has 24 heavy (non-hydrogen) atoms. The summed E-state index contributed by atoms with van der Waals surface area (Å²) in [5.74, 6) is 0.684. The number of nitrogens with one attached hydrogen (secondary N) is 1. The second-order valence-electron chi connectivity index (χ2n) is 5.87. The van der Waals surface area contributed by atoms with Crippen molar-refractivity contribution >= 4 is 22.6 Å². The van der Waals surface area contributed by atoms with Crippen molar-refractivity contribution in [2.45, 2.75) is 13.8 Å². The van der Waals surface area contributed by atoms with Crippen LogP contribution in [0.3, 0.4) is 0 Å². The number of nitrogens with zero attached hydrogens (tertiary/aromatic N) is 3. The third-order valence-electron chi connectivity index (χ3n) is 4.07. The number of carbonyl (C=O) groups excluding carboxylic acids is 1. The van der Waals surface area contributed by atoms with Crippen LogP contribution in [-0.2, 0) is 0 Å². The lowest BCUT2D eigenvalue weighted by Crippen LogP contribution is -2.35. The minimum Gasteiger partial charge on any atom is -0.341 e. The molecule has 1 heterocycles. The quantitative estimate of drug-likeness (QED) is 0.783. The number of urea groups is 1. The van der Waals surface area contributed by atoms with Gasteiger partial charge in [0.25, 0.3) is 0 Å². The Labute approximate surface area is 141 Å². The van der Waals surface area contributed by atoms with Gasteiger partial charge in [-0.2, -0.15) is 0 Å². The van der Waals surface area contributed by atoms with E-state index in [0.717, 1.165) is 27.7 Å². The van der Waals surface area contributed by atoms with Crippen molar-refractivity contribution in [1.82, 2.24) is 15.3 Å². The average Bonchev–Trinajstić information content (AvgIpc) is 2.59. The maximum absolute atomic E-state index is 11.8. The zero-order valence-electron chi connectivity index (χ0n) is 14.3. The largest absolute Gasteiger partial charge is 0.341 e. The van der Waals surface area contributed by atoms with E-state index >= 15 is 0 Å². The number of amides is 2. The van der Waals surface area contributed by atoms with Crippen molar-refractivity contribution in [3.63, 3.8) is 0 Å². The van der Waals surface area contributed by atoms with Crippen molar-refractivity contribution in [3.8, 4) is 11.4 Å². The van der Waals surface area contributed by atoms with E-state index in [1.807, 2.05) is 43.5 Å². The topological polar surface area (TPSA) is 58.1 Å². The minimum atomic E-state index is -0.150. The molecule has 0 aliphatic heterocycles. The van der Waals surface area contributed by atoms with Gasteiger partial charge in [-0.05, 0) is 49.7 Å². The molecular weight excluding hydrogens is 300 g/mol. The SMILES string of the molecule is CNC(=O)N(C)c1ccc(-c2ncc3cc(C)ccc3n2)cc1C. The van der Waals surface area contributed by atoms with Gasteiger partial charge in [0.05, 0.1) is 5.52 Å². The average molecular weight is 320 g/mol. The van der Waals surface area contributed by atoms with Gasteiger partial charge in [0.2, 0.25) is 0 Å². The summed E-state index contributed by atoms with van der Waals surface area (Å²) < 4.78 is 0. The van der Waals surface area contributed by atoms with Crippen LogP contribution in [0.4, 0.5) is 10.5 Å². The first kappa shape index (κ1) is 15.9. The van der Waals surface area contributed by atoms with Crippen LogP contribution in [0.15, 0.2) is 42.6 Å². The summed E-state index contributed by atoms with van der Waals surface area (Å²) in [7, 11) is 3.36. The van der Waals surface area contributed by atoms with Gasteiger partial charge in [0.15, 0.2) is 5.82 Å². The molecule has 0 saturated carbocycles. The van der Waals surface area contributed by atoms with Crippen molar-refractivity contribution in [2.75, 3.05) is 19.0 Å². The van der Waals surface area contributed by atoms with E-state index in [2.05, 4.69) is 28.3 Å². The van der Waals surface area contributed by atoms with E-state index < -0.39 is 0 Å². The molecule has 0 radical (unpaired) electrons. The Bertz CT molecular complexity index is 920. The number of aryl methyl sites for hydroxylation is 2. The molecule has 0 aliphatic rings. The van der Waals surface area contributed by atoms with E-state index in [4.69, 9.17) is 0 Å². The first-order valence-corrected chi connectivity index (χ1v) is 7.79. The van der Waals surface area contributed by atoms with Gasteiger partial charge in [-0.3, -0.25) is 4.90 Å². The highest BCUT2D eigenvalue weighted by atomic mass is 16.2. The van der Waals surface area contributed by atoms with Crippen LogP contribution in [0, 0.1) is 13.8 Å². The summed E-state index contributed by atoms with van der Waals surface area (Å²) in [4.78, 5) is 22.5. The van der Waals surface area contributed by atoms with E-state index in [0.29, 0.717) is 5.82 Å². The number of hydrogen-bond acceptors (Lipinski definition) is 3. The standard InChI is InChI=1S/C19H20N4O/c1-12-5-7-16-15(9-12)11-21-18(22-16)14-6-8-17(13(2)10-14)23(4)19(24)20-3/h5-11H,1-4H3,(H,20,24). The van der Waals surface area contributed by atoms with Crippen molar-refractivity contribution < 1.29 is 4.79 Å². The van der Waals surface area contributed by atoms with Crippen LogP contribution >= 0.6 is 0 Å². The maximum Gasteiger partial charge on any atom is 0.321 e. The molecule has 0 atom stereocenters. The van der Waals surface area contributed by atoms with Crippen LogP contribution in [-0.4, -0.2) is 30.1 Å². The molecule has 0 aliphatic carbocycles. The summed E-state index contributed by atoms with van der Waals surface area (Å²) in [6.07, 6.45) is 1.85. The lowest BCUT2D eigenvalue weighted by molar-refractivity contribution is 0.249. The molecular formula is C19H20N4O. The molecule has 0 bridgehead atoms. The highest BCUT2D eigenvalue weighted by Crippen LogP contribution is 2.26. The predicted molar refractivity (Wildman–Crippen MR) is 97.3 cm³/mol. The van der Waals surface area contributed by atoms with E-state index in [1.54, 1.807) is 19.0 Å². The van der Waals surface area contributed by atoms with Crippen LogP contribution in [0.1, 0.15) is 11.1 Å². The minimum absolute atomic E-state index is 0.150. The number of rotatable bonds is 2. The summed E-state index contributed by atoms with van der Waals surface area (Å²) in [5, 5.41) is 3.66. The zero-order valence-corrected chi connectivity index (χ0v) is 14.3. The van der Waals surface area contributed by atoms with Gasteiger partial charge in [-0.25, -0.2) is 14.8 Å².